The summed E-state index contributed by atoms with van der Waals surface area (Å²) in [4.78, 5) is 30.4. The molecule has 0 bridgehead atoms. The van der Waals surface area contributed by atoms with Crippen LogP contribution in [0.5, 0.6) is 0 Å². The predicted octanol–water partition coefficient (Wildman–Crippen LogP) is 3.14. The van der Waals surface area contributed by atoms with E-state index >= 15 is 0 Å². The Balaban J connectivity index is 1.63. The third kappa shape index (κ3) is 3.82. The van der Waals surface area contributed by atoms with E-state index in [0.29, 0.717) is 13.1 Å². The minimum Gasteiger partial charge on any atom is -0.337 e. The first-order chi connectivity index (χ1) is 11.5. The van der Waals surface area contributed by atoms with Gasteiger partial charge >= 0.3 is 0 Å². The Morgan fingerprint density at radius 1 is 1.42 bits per heavy atom. The van der Waals surface area contributed by atoms with Crippen LogP contribution >= 0.6 is 15.9 Å². The van der Waals surface area contributed by atoms with Crippen molar-refractivity contribution in [2.45, 2.75) is 19.9 Å². The molecule has 0 aliphatic carbocycles. The predicted molar refractivity (Wildman–Crippen MR) is 95.3 cm³/mol. The summed E-state index contributed by atoms with van der Waals surface area (Å²) in [5.74, 6) is -0.425. The topological polar surface area (TPSA) is 62.3 Å². The van der Waals surface area contributed by atoms with Gasteiger partial charge in [-0.1, -0.05) is 22.0 Å². The molecule has 3 rings (SSSR count). The molecule has 1 aliphatic rings. The van der Waals surface area contributed by atoms with Crippen LogP contribution in [0.3, 0.4) is 0 Å². The standard InChI is InChI=1S/C18H18BrN3O2/c1-12-7-15(19)4-5-16(12)21-18(24)14-8-17(23)22(11-14)10-13-3-2-6-20-9-13/h2-7,9,14H,8,10-11H2,1H3,(H,21,24). The van der Waals surface area contributed by atoms with Crippen molar-refractivity contribution in [2.24, 2.45) is 5.92 Å². The molecule has 1 aromatic carbocycles. The number of aryl methyl sites for hydroxylation is 1. The van der Waals surface area contributed by atoms with E-state index in [0.717, 1.165) is 21.3 Å². The fourth-order valence-corrected chi connectivity index (χ4v) is 3.29. The summed E-state index contributed by atoms with van der Waals surface area (Å²) < 4.78 is 0.969. The van der Waals surface area contributed by atoms with Crippen LogP contribution in [0.25, 0.3) is 0 Å². The Labute approximate surface area is 149 Å². The molecule has 1 unspecified atom stereocenters. The largest absolute Gasteiger partial charge is 0.337 e. The van der Waals surface area contributed by atoms with Gasteiger partial charge in [-0.3, -0.25) is 14.6 Å². The van der Waals surface area contributed by atoms with Crippen molar-refractivity contribution in [3.8, 4) is 0 Å². The number of amides is 2. The number of carbonyl (C=O) groups is 2. The van der Waals surface area contributed by atoms with E-state index in [1.165, 1.54) is 0 Å². The quantitative estimate of drug-likeness (QED) is 0.876. The average Bonchev–Trinajstić information content (AvgIpc) is 2.92. The molecule has 0 saturated carbocycles. The summed E-state index contributed by atoms with van der Waals surface area (Å²) in [6.45, 7) is 2.87. The molecule has 24 heavy (non-hydrogen) atoms. The van der Waals surface area contributed by atoms with Crippen molar-refractivity contribution in [2.75, 3.05) is 11.9 Å². The number of hydrogen-bond acceptors (Lipinski definition) is 3. The van der Waals surface area contributed by atoms with E-state index in [1.54, 1.807) is 17.3 Å². The highest BCUT2D eigenvalue weighted by atomic mass is 79.9. The van der Waals surface area contributed by atoms with Gasteiger partial charge < -0.3 is 10.2 Å². The van der Waals surface area contributed by atoms with Crippen molar-refractivity contribution in [1.82, 2.24) is 9.88 Å². The molecule has 1 aromatic heterocycles. The number of rotatable bonds is 4. The molecule has 124 valence electrons. The lowest BCUT2D eigenvalue weighted by Gasteiger charge is -2.16. The number of nitrogens with one attached hydrogen (secondary N) is 1. The van der Waals surface area contributed by atoms with Crippen molar-refractivity contribution in [3.05, 3.63) is 58.3 Å². The van der Waals surface area contributed by atoms with Gasteiger partial charge in [-0.25, -0.2) is 0 Å². The van der Waals surface area contributed by atoms with Gasteiger partial charge in [0, 0.05) is 42.1 Å². The minimum atomic E-state index is -0.322. The second-order valence-corrected chi connectivity index (χ2v) is 6.90. The van der Waals surface area contributed by atoms with Crippen LogP contribution in [-0.4, -0.2) is 28.2 Å². The molecule has 1 aliphatic heterocycles. The molecular formula is C18H18BrN3O2. The SMILES string of the molecule is Cc1cc(Br)ccc1NC(=O)C1CC(=O)N(Cc2cccnc2)C1. The molecule has 1 fully saturated rings. The maximum atomic E-state index is 12.5. The number of anilines is 1. The molecular weight excluding hydrogens is 370 g/mol. The van der Waals surface area contributed by atoms with Gasteiger partial charge in [0.15, 0.2) is 0 Å². The number of carbonyl (C=O) groups excluding carboxylic acids is 2. The van der Waals surface area contributed by atoms with E-state index in [4.69, 9.17) is 0 Å². The van der Waals surface area contributed by atoms with Gasteiger partial charge in [0.25, 0.3) is 0 Å². The van der Waals surface area contributed by atoms with Gasteiger partial charge in [0.1, 0.15) is 0 Å². The monoisotopic (exact) mass is 387 g/mol. The molecule has 0 radical (unpaired) electrons. The number of pyridine rings is 1. The van der Waals surface area contributed by atoms with E-state index in [9.17, 15) is 9.59 Å². The summed E-state index contributed by atoms with van der Waals surface area (Å²) in [5, 5.41) is 2.93. The van der Waals surface area contributed by atoms with E-state index < -0.39 is 0 Å². The number of aromatic nitrogens is 1. The highest BCUT2D eigenvalue weighted by molar-refractivity contribution is 9.10. The summed E-state index contributed by atoms with van der Waals surface area (Å²) >= 11 is 3.41. The molecule has 2 heterocycles. The number of hydrogen-bond donors (Lipinski definition) is 1. The van der Waals surface area contributed by atoms with Crippen LogP contribution in [0.4, 0.5) is 5.69 Å². The molecule has 5 nitrogen and oxygen atoms in total. The number of nitrogens with zero attached hydrogens (tertiary/aromatic N) is 2. The fourth-order valence-electron chi connectivity index (χ4n) is 2.81. The number of likely N-dealkylation sites (tertiary alicyclic amines) is 1. The van der Waals surface area contributed by atoms with E-state index in [-0.39, 0.29) is 24.2 Å². The third-order valence-corrected chi connectivity index (χ3v) is 4.62. The molecule has 1 N–H and O–H groups in total. The number of benzene rings is 1. The molecule has 6 heteroatoms. The van der Waals surface area contributed by atoms with Crippen LogP contribution in [0.1, 0.15) is 17.5 Å². The second-order valence-electron chi connectivity index (χ2n) is 5.99. The Kier molecular flexibility index (Phi) is 4.94. The summed E-state index contributed by atoms with van der Waals surface area (Å²) in [5.41, 5.74) is 2.73. The van der Waals surface area contributed by atoms with Gasteiger partial charge in [-0.2, -0.15) is 0 Å². The van der Waals surface area contributed by atoms with E-state index in [2.05, 4.69) is 26.2 Å². The van der Waals surface area contributed by atoms with Gasteiger partial charge in [-0.05, 0) is 42.3 Å². The highest BCUT2D eigenvalue weighted by Gasteiger charge is 2.34. The van der Waals surface area contributed by atoms with Crippen molar-refractivity contribution < 1.29 is 9.59 Å². The van der Waals surface area contributed by atoms with Crippen molar-refractivity contribution >= 4 is 33.4 Å². The van der Waals surface area contributed by atoms with Crippen molar-refractivity contribution in [1.29, 1.82) is 0 Å². The first-order valence-corrected chi connectivity index (χ1v) is 8.56. The Bertz CT molecular complexity index is 764. The molecule has 0 spiro atoms. The van der Waals surface area contributed by atoms with Gasteiger partial charge in [0.05, 0.1) is 5.92 Å². The first kappa shape index (κ1) is 16.6. The zero-order chi connectivity index (χ0) is 17.1. The molecule has 2 aromatic rings. The maximum absolute atomic E-state index is 12.5. The zero-order valence-corrected chi connectivity index (χ0v) is 14.9. The smallest absolute Gasteiger partial charge is 0.229 e. The summed E-state index contributed by atoms with van der Waals surface area (Å²) in [6.07, 6.45) is 3.69. The average molecular weight is 388 g/mol. The van der Waals surface area contributed by atoms with E-state index in [1.807, 2.05) is 37.3 Å². The fraction of sp³-hybridized carbons (Fsp3) is 0.278. The lowest BCUT2D eigenvalue weighted by atomic mass is 10.1. The van der Waals surface area contributed by atoms with Crippen LogP contribution in [0, 0.1) is 12.8 Å². The lowest BCUT2D eigenvalue weighted by Crippen LogP contribution is -2.28. The summed E-state index contributed by atoms with van der Waals surface area (Å²) in [6, 6.07) is 9.47. The number of halogens is 1. The Morgan fingerprint density at radius 3 is 2.96 bits per heavy atom. The van der Waals surface area contributed by atoms with Crippen molar-refractivity contribution in [3.63, 3.8) is 0 Å². The highest BCUT2D eigenvalue weighted by Crippen LogP contribution is 2.24. The molecule has 2 amide bonds. The van der Waals surface area contributed by atoms with Gasteiger partial charge in [-0.15, -0.1) is 0 Å². The van der Waals surface area contributed by atoms with Crippen LogP contribution in [0.2, 0.25) is 0 Å². The molecule has 1 atom stereocenters. The van der Waals surface area contributed by atoms with Crippen LogP contribution in [0.15, 0.2) is 47.2 Å². The zero-order valence-electron chi connectivity index (χ0n) is 13.3. The second kappa shape index (κ2) is 7.13. The Morgan fingerprint density at radius 2 is 2.25 bits per heavy atom. The van der Waals surface area contributed by atoms with Crippen LogP contribution < -0.4 is 5.32 Å². The maximum Gasteiger partial charge on any atom is 0.229 e. The third-order valence-electron chi connectivity index (χ3n) is 4.13. The first-order valence-electron chi connectivity index (χ1n) is 7.76. The van der Waals surface area contributed by atoms with Crippen LogP contribution in [-0.2, 0) is 16.1 Å². The summed E-state index contributed by atoms with van der Waals surface area (Å²) in [7, 11) is 0. The Hall–Kier alpha value is -2.21. The normalized spacial score (nSPS) is 17.2. The molecule has 1 saturated heterocycles. The van der Waals surface area contributed by atoms with Gasteiger partial charge in [0.2, 0.25) is 11.8 Å². The lowest BCUT2D eigenvalue weighted by molar-refractivity contribution is -0.128. The minimum absolute atomic E-state index is 0.00605.